The average Bonchev–Trinajstić information content (AvgIpc) is 3.29. The molecule has 0 saturated heterocycles. The largest absolute Gasteiger partial charge is 0.489 e. The lowest BCUT2D eigenvalue weighted by Gasteiger charge is -2.17. The van der Waals surface area contributed by atoms with Crippen LogP contribution in [0.4, 0.5) is 11.4 Å². The molecule has 1 amide bonds. The van der Waals surface area contributed by atoms with Crippen molar-refractivity contribution in [3.63, 3.8) is 0 Å². The highest BCUT2D eigenvalue weighted by molar-refractivity contribution is 6.07. The van der Waals surface area contributed by atoms with Gasteiger partial charge in [0, 0.05) is 24.2 Å². The molecule has 1 aromatic heterocycles. The highest BCUT2D eigenvalue weighted by Gasteiger charge is 2.27. The standard InChI is InChI=1S/C21H19N3O5/c1-13-19(14(2)29-22-13)12-28-18-7-4-16(5-8-18)21(25)23-10-9-15-3-6-17(24(26)27)11-20(15)23/h3-8,11H,9-10,12H2,1-2H3. The van der Waals surface area contributed by atoms with Crippen LogP contribution in [0.5, 0.6) is 5.75 Å². The van der Waals surface area contributed by atoms with Gasteiger partial charge >= 0.3 is 0 Å². The van der Waals surface area contributed by atoms with Gasteiger partial charge in [0.1, 0.15) is 18.1 Å². The summed E-state index contributed by atoms with van der Waals surface area (Å²) in [6.07, 6.45) is 0.678. The SMILES string of the molecule is Cc1noc(C)c1COc1ccc(C(=O)N2CCc3ccc([N+](=O)[O-])cc32)cc1. The maximum atomic E-state index is 12.9. The summed E-state index contributed by atoms with van der Waals surface area (Å²) >= 11 is 0. The second-order valence-electron chi connectivity index (χ2n) is 6.89. The van der Waals surface area contributed by atoms with Crippen LogP contribution in [0.3, 0.4) is 0 Å². The minimum Gasteiger partial charge on any atom is -0.489 e. The summed E-state index contributed by atoms with van der Waals surface area (Å²) in [6.45, 7) is 4.52. The van der Waals surface area contributed by atoms with Crippen molar-refractivity contribution in [3.8, 4) is 5.75 Å². The van der Waals surface area contributed by atoms with Crippen LogP contribution < -0.4 is 9.64 Å². The Morgan fingerprint density at radius 2 is 2.00 bits per heavy atom. The van der Waals surface area contributed by atoms with Gasteiger partial charge in [-0.25, -0.2) is 0 Å². The van der Waals surface area contributed by atoms with Gasteiger partial charge in [0.05, 0.1) is 21.9 Å². The Morgan fingerprint density at radius 3 is 2.66 bits per heavy atom. The Bertz CT molecular complexity index is 1070. The predicted molar refractivity (Wildman–Crippen MR) is 105 cm³/mol. The minimum atomic E-state index is -0.452. The number of anilines is 1. The first-order chi connectivity index (χ1) is 13.9. The fraction of sp³-hybridized carbons (Fsp3) is 0.238. The van der Waals surface area contributed by atoms with E-state index in [-0.39, 0.29) is 11.6 Å². The number of carbonyl (C=O) groups excluding carboxylic acids is 1. The smallest absolute Gasteiger partial charge is 0.271 e. The number of ether oxygens (including phenoxy) is 1. The summed E-state index contributed by atoms with van der Waals surface area (Å²) in [6, 6.07) is 11.5. The van der Waals surface area contributed by atoms with E-state index in [1.807, 2.05) is 13.8 Å². The minimum absolute atomic E-state index is 0.0217. The topological polar surface area (TPSA) is 98.7 Å². The first kappa shape index (κ1) is 18.7. The molecule has 1 aliphatic heterocycles. The van der Waals surface area contributed by atoms with E-state index in [0.717, 1.165) is 22.6 Å². The van der Waals surface area contributed by atoms with Gasteiger partial charge in [0.25, 0.3) is 11.6 Å². The van der Waals surface area contributed by atoms with Crippen LogP contribution in [0.25, 0.3) is 0 Å². The Hall–Kier alpha value is -3.68. The molecule has 0 aliphatic carbocycles. The maximum absolute atomic E-state index is 12.9. The Labute approximate surface area is 166 Å². The third-order valence-corrected chi connectivity index (χ3v) is 5.09. The van der Waals surface area contributed by atoms with E-state index in [4.69, 9.17) is 9.26 Å². The molecule has 0 radical (unpaired) electrons. The van der Waals surface area contributed by atoms with Crippen molar-refractivity contribution in [2.24, 2.45) is 0 Å². The second-order valence-corrected chi connectivity index (χ2v) is 6.89. The summed E-state index contributed by atoms with van der Waals surface area (Å²) in [5.74, 6) is 1.15. The predicted octanol–water partition coefficient (Wildman–Crippen LogP) is 3.98. The summed E-state index contributed by atoms with van der Waals surface area (Å²) in [5.41, 5.74) is 3.70. The van der Waals surface area contributed by atoms with Crippen molar-refractivity contribution in [1.82, 2.24) is 5.16 Å². The van der Waals surface area contributed by atoms with Gasteiger partial charge < -0.3 is 14.2 Å². The number of hydrogen-bond donors (Lipinski definition) is 0. The lowest BCUT2D eigenvalue weighted by molar-refractivity contribution is -0.384. The number of aromatic nitrogens is 1. The zero-order valence-electron chi connectivity index (χ0n) is 16.0. The zero-order chi connectivity index (χ0) is 20.5. The van der Waals surface area contributed by atoms with Crippen molar-refractivity contribution < 1.29 is 19.0 Å². The highest BCUT2D eigenvalue weighted by atomic mass is 16.6. The van der Waals surface area contributed by atoms with Gasteiger partial charge in [-0.2, -0.15) is 0 Å². The molecule has 29 heavy (non-hydrogen) atoms. The van der Waals surface area contributed by atoms with Crippen LogP contribution >= 0.6 is 0 Å². The molecular formula is C21H19N3O5. The molecule has 0 saturated carbocycles. The summed E-state index contributed by atoms with van der Waals surface area (Å²) in [4.78, 5) is 25.1. The summed E-state index contributed by atoms with van der Waals surface area (Å²) in [5, 5.41) is 14.9. The Kier molecular flexibility index (Phi) is 4.75. The molecule has 3 aromatic rings. The molecule has 148 valence electrons. The van der Waals surface area contributed by atoms with Crippen molar-refractivity contribution in [2.75, 3.05) is 11.4 Å². The molecular weight excluding hydrogens is 374 g/mol. The fourth-order valence-corrected chi connectivity index (χ4v) is 3.41. The number of fused-ring (bicyclic) bond motifs is 1. The van der Waals surface area contributed by atoms with Crippen LogP contribution in [0.1, 0.15) is 32.9 Å². The van der Waals surface area contributed by atoms with E-state index in [1.165, 1.54) is 12.1 Å². The molecule has 0 spiro atoms. The van der Waals surface area contributed by atoms with Gasteiger partial charge in [-0.3, -0.25) is 14.9 Å². The molecule has 8 heteroatoms. The molecule has 2 heterocycles. The number of benzene rings is 2. The third kappa shape index (κ3) is 3.56. The van der Waals surface area contributed by atoms with Crippen LogP contribution in [0, 0.1) is 24.0 Å². The van der Waals surface area contributed by atoms with Crippen molar-refractivity contribution >= 4 is 17.3 Å². The molecule has 0 N–H and O–H groups in total. The molecule has 8 nitrogen and oxygen atoms in total. The molecule has 4 rings (SSSR count). The zero-order valence-corrected chi connectivity index (χ0v) is 16.0. The number of hydrogen-bond acceptors (Lipinski definition) is 6. The van der Waals surface area contributed by atoms with Gasteiger partial charge in [-0.1, -0.05) is 11.2 Å². The second kappa shape index (κ2) is 7.38. The number of carbonyl (C=O) groups is 1. The highest BCUT2D eigenvalue weighted by Crippen LogP contribution is 2.33. The molecule has 1 aliphatic rings. The van der Waals surface area contributed by atoms with Gasteiger partial charge in [0.15, 0.2) is 0 Å². The number of nitro groups is 1. The van der Waals surface area contributed by atoms with E-state index in [2.05, 4.69) is 5.16 Å². The number of aryl methyl sites for hydroxylation is 2. The summed E-state index contributed by atoms with van der Waals surface area (Å²) in [7, 11) is 0. The number of non-ortho nitro benzene ring substituents is 1. The fourth-order valence-electron chi connectivity index (χ4n) is 3.41. The average molecular weight is 393 g/mol. The first-order valence-corrected chi connectivity index (χ1v) is 9.18. The van der Waals surface area contributed by atoms with E-state index in [9.17, 15) is 14.9 Å². The van der Waals surface area contributed by atoms with Crippen LogP contribution in [-0.4, -0.2) is 22.5 Å². The van der Waals surface area contributed by atoms with E-state index in [0.29, 0.717) is 36.6 Å². The third-order valence-electron chi connectivity index (χ3n) is 5.09. The molecule has 2 aromatic carbocycles. The van der Waals surface area contributed by atoms with E-state index < -0.39 is 4.92 Å². The van der Waals surface area contributed by atoms with Crippen molar-refractivity contribution in [2.45, 2.75) is 26.9 Å². The van der Waals surface area contributed by atoms with E-state index >= 15 is 0 Å². The van der Waals surface area contributed by atoms with E-state index in [1.54, 1.807) is 35.2 Å². The molecule has 0 unspecified atom stereocenters. The Morgan fingerprint density at radius 1 is 1.24 bits per heavy atom. The van der Waals surface area contributed by atoms with Gasteiger partial charge in [0.2, 0.25) is 0 Å². The molecule has 0 atom stereocenters. The van der Waals surface area contributed by atoms with Gasteiger partial charge in [-0.15, -0.1) is 0 Å². The number of rotatable bonds is 5. The number of nitro benzene ring substituents is 1. The monoisotopic (exact) mass is 393 g/mol. The van der Waals surface area contributed by atoms with Crippen LogP contribution in [-0.2, 0) is 13.0 Å². The van der Waals surface area contributed by atoms with Crippen molar-refractivity contribution in [3.05, 3.63) is 80.7 Å². The lowest BCUT2D eigenvalue weighted by Crippen LogP contribution is -2.28. The Balaban J connectivity index is 1.48. The summed E-state index contributed by atoms with van der Waals surface area (Å²) < 4.78 is 10.9. The van der Waals surface area contributed by atoms with Crippen LogP contribution in [0.15, 0.2) is 47.0 Å². The molecule has 0 bridgehead atoms. The molecule has 0 fully saturated rings. The van der Waals surface area contributed by atoms with Gasteiger partial charge in [-0.05, 0) is 50.1 Å². The number of nitrogens with zero attached hydrogens (tertiary/aromatic N) is 3. The lowest BCUT2D eigenvalue weighted by atomic mass is 10.1. The number of amides is 1. The van der Waals surface area contributed by atoms with Crippen molar-refractivity contribution in [1.29, 1.82) is 0 Å². The quantitative estimate of drug-likeness (QED) is 0.480. The first-order valence-electron chi connectivity index (χ1n) is 9.18. The maximum Gasteiger partial charge on any atom is 0.271 e. The normalized spacial score (nSPS) is 12.7. The van der Waals surface area contributed by atoms with Crippen LogP contribution in [0.2, 0.25) is 0 Å².